The fraction of sp³-hybridized carbons (Fsp3) is 0.312. The summed E-state index contributed by atoms with van der Waals surface area (Å²) in [6.45, 7) is 1.22. The topological polar surface area (TPSA) is 106 Å². The van der Waals surface area contributed by atoms with Gasteiger partial charge in [0.2, 0.25) is 5.91 Å². The summed E-state index contributed by atoms with van der Waals surface area (Å²) in [5.41, 5.74) is 0.828. The predicted octanol–water partition coefficient (Wildman–Crippen LogP) is 1.45. The Morgan fingerprint density at radius 1 is 1.44 bits per heavy atom. The first-order valence-corrected chi connectivity index (χ1v) is 7.84. The minimum atomic E-state index is -0.485. The second-order valence-corrected chi connectivity index (χ2v) is 5.85. The number of nitrogens with zero attached hydrogens (tertiary/aromatic N) is 5. The SMILES string of the molecule is Cn1cc(/C=C\C(=O)N2CC[C@H](Nc3ccc([N+](=O)[O-])cn3)C2)cn1. The number of aromatic nitrogens is 3. The van der Waals surface area contributed by atoms with Crippen LogP contribution in [0.5, 0.6) is 0 Å². The minimum absolute atomic E-state index is 0.0469. The van der Waals surface area contributed by atoms with Crippen molar-refractivity contribution in [1.29, 1.82) is 0 Å². The molecule has 130 valence electrons. The fourth-order valence-corrected chi connectivity index (χ4v) is 2.67. The average Bonchev–Trinajstić information content (AvgIpc) is 3.22. The largest absolute Gasteiger partial charge is 0.365 e. The molecule has 1 aliphatic rings. The molecule has 3 heterocycles. The van der Waals surface area contributed by atoms with Gasteiger partial charge in [-0.25, -0.2) is 4.98 Å². The molecule has 1 saturated heterocycles. The third kappa shape index (κ3) is 4.19. The molecule has 2 aromatic heterocycles. The number of likely N-dealkylation sites (tertiary alicyclic amines) is 1. The van der Waals surface area contributed by atoms with E-state index in [-0.39, 0.29) is 17.6 Å². The van der Waals surface area contributed by atoms with Crippen molar-refractivity contribution in [2.75, 3.05) is 18.4 Å². The molecule has 0 bridgehead atoms. The standard InChI is InChI=1S/C16H18N6O3/c1-20-10-12(8-18-20)2-5-16(23)21-7-6-13(11-21)19-15-4-3-14(9-17-15)22(24)25/h2-5,8-10,13H,6-7,11H2,1H3,(H,17,19)/b5-2-/t13-/m0/s1. The molecule has 1 fully saturated rings. The van der Waals surface area contributed by atoms with E-state index in [0.29, 0.717) is 18.9 Å². The second kappa shape index (κ2) is 7.12. The van der Waals surface area contributed by atoms with Gasteiger partial charge in [-0.3, -0.25) is 19.6 Å². The van der Waals surface area contributed by atoms with Gasteiger partial charge < -0.3 is 10.2 Å². The third-order valence-electron chi connectivity index (χ3n) is 3.95. The van der Waals surface area contributed by atoms with Crippen molar-refractivity contribution in [3.8, 4) is 0 Å². The molecular formula is C16H18N6O3. The highest BCUT2D eigenvalue weighted by Crippen LogP contribution is 2.17. The first-order chi connectivity index (χ1) is 12.0. The van der Waals surface area contributed by atoms with Gasteiger partial charge in [0.15, 0.2) is 0 Å². The van der Waals surface area contributed by atoms with E-state index in [9.17, 15) is 14.9 Å². The van der Waals surface area contributed by atoms with Gasteiger partial charge in [0.05, 0.1) is 11.1 Å². The highest BCUT2D eigenvalue weighted by atomic mass is 16.6. The zero-order chi connectivity index (χ0) is 17.8. The lowest BCUT2D eigenvalue weighted by atomic mass is 10.2. The minimum Gasteiger partial charge on any atom is -0.365 e. The van der Waals surface area contributed by atoms with Gasteiger partial charge in [-0.05, 0) is 18.6 Å². The second-order valence-electron chi connectivity index (χ2n) is 5.85. The molecule has 0 aliphatic carbocycles. The van der Waals surface area contributed by atoms with E-state index >= 15 is 0 Å². The van der Waals surface area contributed by atoms with Gasteiger partial charge in [0.25, 0.3) is 5.69 Å². The monoisotopic (exact) mass is 342 g/mol. The number of anilines is 1. The van der Waals surface area contributed by atoms with Crippen molar-refractivity contribution in [2.24, 2.45) is 7.05 Å². The van der Waals surface area contributed by atoms with Gasteiger partial charge in [-0.15, -0.1) is 0 Å². The number of carbonyl (C=O) groups excluding carboxylic acids is 1. The van der Waals surface area contributed by atoms with Gasteiger partial charge in [-0.2, -0.15) is 5.10 Å². The molecule has 0 radical (unpaired) electrons. The molecule has 0 spiro atoms. The van der Waals surface area contributed by atoms with E-state index in [1.165, 1.54) is 12.3 Å². The van der Waals surface area contributed by atoms with Crippen LogP contribution in [-0.4, -0.2) is 49.6 Å². The number of rotatable bonds is 5. The van der Waals surface area contributed by atoms with E-state index in [1.807, 2.05) is 13.2 Å². The Balaban J connectivity index is 1.53. The number of pyridine rings is 1. The number of aryl methyl sites for hydroxylation is 1. The van der Waals surface area contributed by atoms with Crippen molar-refractivity contribution in [1.82, 2.24) is 19.7 Å². The quantitative estimate of drug-likeness (QED) is 0.501. The zero-order valence-corrected chi connectivity index (χ0v) is 13.7. The van der Waals surface area contributed by atoms with Crippen LogP contribution in [0.2, 0.25) is 0 Å². The zero-order valence-electron chi connectivity index (χ0n) is 13.7. The first-order valence-electron chi connectivity index (χ1n) is 7.84. The van der Waals surface area contributed by atoms with Crippen molar-refractivity contribution in [3.63, 3.8) is 0 Å². The van der Waals surface area contributed by atoms with E-state index in [1.54, 1.807) is 34.0 Å². The van der Waals surface area contributed by atoms with Crippen LogP contribution in [0.25, 0.3) is 6.08 Å². The molecule has 1 amide bonds. The molecule has 1 N–H and O–H groups in total. The van der Waals surface area contributed by atoms with Crippen LogP contribution in [0.4, 0.5) is 11.5 Å². The predicted molar refractivity (Wildman–Crippen MR) is 91.7 cm³/mol. The number of hydrogen-bond donors (Lipinski definition) is 1. The molecule has 25 heavy (non-hydrogen) atoms. The first kappa shape index (κ1) is 16.6. The van der Waals surface area contributed by atoms with Crippen LogP contribution in [0, 0.1) is 10.1 Å². The van der Waals surface area contributed by atoms with Crippen LogP contribution in [0.3, 0.4) is 0 Å². The molecule has 0 unspecified atom stereocenters. The number of nitro groups is 1. The summed E-state index contributed by atoms with van der Waals surface area (Å²) < 4.78 is 1.68. The smallest absolute Gasteiger partial charge is 0.287 e. The maximum atomic E-state index is 12.2. The van der Waals surface area contributed by atoms with Crippen LogP contribution >= 0.6 is 0 Å². The van der Waals surface area contributed by atoms with Crippen LogP contribution in [0.1, 0.15) is 12.0 Å². The van der Waals surface area contributed by atoms with E-state index in [0.717, 1.165) is 12.0 Å². The summed E-state index contributed by atoms with van der Waals surface area (Å²) >= 11 is 0. The molecule has 1 aliphatic heterocycles. The molecule has 1 atom stereocenters. The third-order valence-corrected chi connectivity index (χ3v) is 3.95. The van der Waals surface area contributed by atoms with E-state index in [2.05, 4.69) is 15.4 Å². The summed E-state index contributed by atoms with van der Waals surface area (Å²) in [7, 11) is 1.82. The summed E-state index contributed by atoms with van der Waals surface area (Å²) in [6.07, 6.45) is 8.83. The molecule has 2 aromatic rings. The fourth-order valence-electron chi connectivity index (χ4n) is 2.67. The van der Waals surface area contributed by atoms with Crippen LogP contribution in [-0.2, 0) is 11.8 Å². The number of amides is 1. The Bertz CT molecular complexity index is 798. The van der Waals surface area contributed by atoms with Crippen LogP contribution < -0.4 is 5.32 Å². The van der Waals surface area contributed by atoms with Crippen molar-refractivity contribution < 1.29 is 9.72 Å². The molecule has 3 rings (SSSR count). The molecule has 9 nitrogen and oxygen atoms in total. The summed E-state index contributed by atoms with van der Waals surface area (Å²) in [4.78, 5) is 28.2. The summed E-state index contributed by atoms with van der Waals surface area (Å²) in [6, 6.07) is 3.05. The molecule has 9 heteroatoms. The van der Waals surface area contributed by atoms with Gasteiger partial charge in [-0.1, -0.05) is 0 Å². The number of hydrogen-bond acceptors (Lipinski definition) is 6. The van der Waals surface area contributed by atoms with E-state index < -0.39 is 4.92 Å². The van der Waals surface area contributed by atoms with Crippen LogP contribution in [0.15, 0.2) is 36.8 Å². The summed E-state index contributed by atoms with van der Waals surface area (Å²) in [5.74, 6) is 0.514. The Labute approximate surface area is 144 Å². The maximum absolute atomic E-state index is 12.2. The van der Waals surface area contributed by atoms with E-state index in [4.69, 9.17) is 0 Å². The maximum Gasteiger partial charge on any atom is 0.287 e. The lowest BCUT2D eigenvalue weighted by Crippen LogP contribution is -2.30. The normalized spacial score (nSPS) is 17.2. The van der Waals surface area contributed by atoms with Gasteiger partial charge in [0.1, 0.15) is 12.0 Å². The number of carbonyl (C=O) groups is 1. The Morgan fingerprint density at radius 3 is 2.92 bits per heavy atom. The Kier molecular flexibility index (Phi) is 4.73. The molecule has 0 aromatic carbocycles. The van der Waals surface area contributed by atoms with Gasteiger partial charge in [0, 0.05) is 50.1 Å². The van der Waals surface area contributed by atoms with Crippen molar-refractivity contribution in [2.45, 2.75) is 12.5 Å². The highest BCUT2D eigenvalue weighted by Gasteiger charge is 2.25. The molecule has 0 saturated carbocycles. The van der Waals surface area contributed by atoms with Gasteiger partial charge >= 0.3 is 0 Å². The lowest BCUT2D eigenvalue weighted by Gasteiger charge is -2.15. The van der Waals surface area contributed by atoms with Crippen molar-refractivity contribution >= 4 is 23.5 Å². The average molecular weight is 342 g/mol. The van der Waals surface area contributed by atoms with Crippen molar-refractivity contribution in [3.05, 3.63) is 52.5 Å². The molecular weight excluding hydrogens is 324 g/mol. The Hall–Kier alpha value is -3.23. The summed E-state index contributed by atoms with van der Waals surface area (Å²) in [5, 5.41) is 17.9. The Morgan fingerprint density at radius 2 is 2.28 bits per heavy atom. The lowest BCUT2D eigenvalue weighted by molar-refractivity contribution is -0.385. The highest BCUT2D eigenvalue weighted by molar-refractivity contribution is 5.92. The number of nitrogens with one attached hydrogen (secondary N) is 1.